The van der Waals surface area contributed by atoms with Crippen molar-refractivity contribution in [2.24, 2.45) is 0 Å². The minimum absolute atomic E-state index is 0.119. The fourth-order valence-electron chi connectivity index (χ4n) is 3.28. The predicted molar refractivity (Wildman–Crippen MR) is 118 cm³/mol. The van der Waals surface area contributed by atoms with E-state index in [9.17, 15) is 9.59 Å². The Kier molecular flexibility index (Phi) is 5.62. The molecule has 1 heterocycles. The van der Waals surface area contributed by atoms with E-state index in [1.807, 2.05) is 6.92 Å². The third kappa shape index (κ3) is 4.25. The van der Waals surface area contributed by atoms with Crippen molar-refractivity contribution in [3.8, 4) is 16.9 Å². The Hall–Kier alpha value is -3.08. The van der Waals surface area contributed by atoms with Crippen LogP contribution in [-0.2, 0) is 11.2 Å². The number of hydrogen-bond donors (Lipinski definition) is 0. The molecule has 0 aliphatic rings. The lowest BCUT2D eigenvalue weighted by Gasteiger charge is -2.10. The summed E-state index contributed by atoms with van der Waals surface area (Å²) in [5.74, 6) is -0.0231. The molecule has 0 aliphatic heterocycles. The van der Waals surface area contributed by atoms with Gasteiger partial charge in [-0.05, 0) is 66.1 Å². The van der Waals surface area contributed by atoms with Gasteiger partial charge in [0.05, 0.1) is 12.0 Å². The molecular formula is C24H16Cl2O4. The molecule has 0 aliphatic carbocycles. The lowest BCUT2D eigenvalue weighted by molar-refractivity contribution is -0.133. The van der Waals surface area contributed by atoms with Gasteiger partial charge in [0.2, 0.25) is 0 Å². The highest BCUT2D eigenvalue weighted by Crippen LogP contribution is 2.30. The van der Waals surface area contributed by atoms with Crippen molar-refractivity contribution >= 4 is 40.1 Å². The molecule has 0 saturated carbocycles. The normalized spacial score (nSPS) is 10.9. The van der Waals surface area contributed by atoms with Gasteiger partial charge in [-0.1, -0.05) is 47.5 Å². The largest absolute Gasteiger partial charge is 0.426 e. The number of hydrogen-bond acceptors (Lipinski definition) is 4. The number of rotatable bonds is 4. The number of carbonyl (C=O) groups is 1. The third-order valence-corrected chi connectivity index (χ3v) is 5.27. The molecular weight excluding hydrogens is 423 g/mol. The van der Waals surface area contributed by atoms with E-state index in [0.29, 0.717) is 37.9 Å². The SMILES string of the molecule is Cc1c(-c2ccc(Cl)cc2)c(=O)oc2ccc(OC(=O)Cc3ccc(Cl)cc3)cc12. The molecule has 1 aromatic heterocycles. The molecule has 0 unspecified atom stereocenters. The number of fused-ring (bicyclic) bond motifs is 1. The van der Waals surface area contributed by atoms with Crippen molar-refractivity contribution in [1.82, 2.24) is 0 Å². The molecule has 4 rings (SSSR count). The van der Waals surface area contributed by atoms with Crippen LogP contribution >= 0.6 is 23.2 Å². The first kappa shape index (κ1) is 20.2. The molecule has 150 valence electrons. The van der Waals surface area contributed by atoms with E-state index in [1.165, 1.54) is 0 Å². The smallest absolute Gasteiger partial charge is 0.344 e. The number of aryl methyl sites for hydroxylation is 1. The fourth-order valence-corrected chi connectivity index (χ4v) is 3.53. The van der Waals surface area contributed by atoms with Crippen LogP contribution in [0.5, 0.6) is 5.75 Å². The standard InChI is InChI=1S/C24H16Cl2O4/c1-14-20-13-19(29-22(27)12-15-2-6-17(25)7-3-15)10-11-21(20)30-24(28)23(14)16-4-8-18(26)9-5-16/h2-11,13H,12H2,1H3. The van der Waals surface area contributed by atoms with E-state index in [-0.39, 0.29) is 6.42 Å². The predicted octanol–water partition coefficient (Wildman–Crippen LogP) is 6.22. The number of carbonyl (C=O) groups excluding carboxylic acids is 1. The summed E-state index contributed by atoms with van der Waals surface area (Å²) in [5, 5.41) is 1.88. The molecule has 3 aromatic carbocycles. The Morgan fingerprint density at radius 3 is 2.23 bits per heavy atom. The van der Waals surface area contributed by atoms with Crippen molar-refractivity contribution in [1.29, 1.82) is 0 Å². The minimum atomic E-state index is -0.435. The second kappa shape index (κ2) is 8.34. The summed E-state index contributed by atoms with van der Waals surface area (Å²) in [6, 6.07) is 18.9. The van der Waals surface area contributed by atoms with Crippen LogP contribution in [0.15, 0.2) is 75.9 Å². The Morgan fingerprint density at radius 1 is 0.933 bits per heavy atom. The lowest BCUT2D eigenvalue weighted by atomic mass is 9.99. The average Bonchev–Trinajstić information content (AvgIpc) is 2.72. The van der Waals surface area contributed by atoms with Crippen LogP contribution in [0, 0.1) is 6.92 Å². The van der Waals surface area contributed by atoms with Crippen LogP contribution in [-0.4, -0.2) is 5.97 Å². The molecule has 4 aromatic rings. The number of halogens is 2. The first-order chi connectivity index (χ1) is 14.4. The van der Waals surface area contributed by atoms with E-state index in [1.54, 1.807) is 66.7 Å². The van der Waals surface area contributed by atoms with Crippen LogP contribution in [0.1, 0.15) is 11.1 Å². The maximum absolute atomic E-state index is 12.5. The Labute approximate surface area is 182 Å². The van der Waals surface area contributed by atoms with Crippen LogP contribution < -0.4 is 10.4 Å². The van der Waals surface area contributed by atoms with Gasteiger partial charge in [0, 0.05) is 15.4 Å². The van der Waals surface area contributed by atoms with Gasteiger partial charge in [-0.25, -0.2) is 4.79 Å². The molecule has 0 spiro atoms. The van der Waals surface area contributed by atoms with Crippen LogP contribution in [0.2, 0.25) is 10.0 Å². The quantitative estimate of drug-likeness (QED) is 0.215. The van der Waals surface area contributed by atoms with E-state index in [0.717, 1.165) is 11.1 Å². The highest BCUT2D eigenvalue weighted by Gasteiger charge is 2.15. The third-order valence-electron chi connectivity index (χ3n) is 4.76. The van der Waals surface area contributed by atoms with Crippen LogP contribution in [0.3, 0.4) is 0 Å². The van der Waals surface area contributed by atoms with Gasteiger partial charge < -0.3 is 9.15 Å². The highest BCUT2D eigenvalue weighted by atomic mass is 35.5. The molecule has 0 atom stereocenters. The maximum atomic E-state index is 12.5. The number of benzene rings is 3. The molecule has 0 fully saturated rings. The topological polar surface area (TPSA) is 56.5 Å². The minimum Gasteiger partial charge on any atom is -0.426 e. The number of ether oxygens (including phenoxy) is 1. The Bertz CT molecular complexity index is 1290. The van der Waals surface area contributed by atoms with Crippen LogP contribution in [0.4, 0.5) is 0 Å². The highest BCUT2D eigenvalue weighted by molar-refractivity contribution is 6.30. The first-order valence-electron chi connectivity index (χ1n) is 9.19. The molecule has 0 bridgehead atoms. The molecule has 0 radical (unpaired) electrons. The lowest BCUT2D eigenvalue weighted by Crippen LogP contribution is -2.11. The van der Waals surface area contributed by atoms with Crippen LogP contribution in [0.25, 0.3) is 22.1 Å². The summed E-state index contributed by atoms with van der Waals surface area (Å²) < 4.78 is 11.0. The number of esters is 1. The summed E-state index contributed by atoms with van der Waals surface area (Å²) in [4.78, 5) is 24.9. The van der Waals surface area contributed by atoms with E-state index >= 15 is 0 Å². The Balaban J connectivity index is 1.66. The average molecular weight is 439 g/mol. The zero-order valence-electron chi connectivity index (χ0n) is 15.9. The van der Waals surface area contributed by atoms with E-state index in [4.69, 9.17) is 32.4 Å². The molecule has 6 heteroatoms. The van der Waals surface area contributed by atoms with Crippen molar-refractivity contribution in [3.63, 3.8) is 0 Å². The van der Waals surface area contributed by atoms with E-state index in [2.05, 4.69) is 0 Å². The zero-order chi connectivity index (χ0) is 21.3. The van der Waals surface area contributed by atoms with E-state index < -0.39 is 11.6 Å². The summed E-state index contributed by atoms with van der Waals surface area (Å²) in [7, 11) is 0. The van der Waals surface area contributed by atoms with Gasteiger partial charge in [-0.15, -0.1) is 0 Å². The summed E-state index contributed by atoms with van der Waals surface area (Å²) in [5.41, 5.74) is 2.68. The van der Waals surface area contributed by atoms with Gasteiger partial charge in [0.1, 0.15) is 11.3 Å². The van der Waals surface area contributed by atoms with Crippen molar-refractivity contribution in [2.75, 3.05) is 0 Å². The zero-order valence-corrected chi connectivity index (χ0v) is 17.5. The van der Waals surface area contributed by atoms with Crippen molar-refractivity contribution < 1.29 is 13.9 Å². The fraction of sp³-hybridized carbons (Fsp3) is 0.0833. The van der Waals surface area contributed by atoms with Gasteiger partial charge >= 0.3 is 11.6 Å². The second-order valence-corrected chi connectivity index (χ2v) is 7.70. The molecule has 30 heavy (non-hydrogen) atoms. The van der Waals surface area contributed by atoms with Gasteiger partial charge in [0.15, 0.2) is 0 Å². The summed E-state index contributed by atoms with van der Waals surface area (Å²) >= 11 is 11.8. The Morgan fingerprint density at radius 2 is 1.57 bits per heavy atom. The van der Waals surface area contributed by atoms with Crippen molar-refractivity contribution in [2.45, 2.75) is 13.3 Å². The molecule has 0 N–H and O–H groups in total. The monoisotopic (exact) mass is 438 g/mol. The second-order valence-electron chi connectivity index (χ2n) is 6.83. The van der Waals surface area contributed by atoms with Gasteiger partial charge in [-0.3, -0.25) is 4.79 Å². The molecule has 0 amide bonds. The van der Waals surface area contributed by atoms with Crippen molar-refractivity contribution in [3.05, 3.63) is 98.3 Å². The summed E-state index contributed by atoms with van der Waals surface area (Å²) in [6.07, 6.45) is 0.119. The van der Waals surface area contributed by atoms with Gasteiger partial charge in [0.25, 0.3) is 0 Å². The van der Waals surface area contributed by atoms with Gasteiger partial charge in [-0.2, -0.15) is 0 Å². The molecule has 0 saturated heterocycles. The molecule has 4 nitrogen and oxygen atoms in total. The maximum Gasteiger partial charge on any atom is 0.344 e. The first-order valence-corrected chi connectivity index (χ1v) is 9.95. The summed E-state index contributed by atoms with van der Waals surface area (Å²) in [6.45, 7) is 1.84.